The average molecular weight is 450 g/mol. The fourth-order valence-electron chi connectivity index (χ4n) is 4.85. The third-order valence-corrected chi connectivity index (χ3v) is 7.40. The fourth-order valence-corrected chi connectivity index (χ4v) is 5.89. The van der Waals surface area contributed by atoms with Crippen LogP contribution in [0.25, 0.3) is 0 Å². The Morgan fingerprint density at radius 2 is 1.96 bits per heavy atom. The van der Waals surface area contributed by atoms with E-state index in [0.717, 1.165) is 25.7 Å². The van der Waals surface area contributed by atoms with Crippen molar-refractivity contribution in [3.8, 4) is 0 Å². The average Bonchev–Trinajstić information content (AvgIpc) is 3.30. The molecule has 3 aliphatic rings. The highest BCUT2D eigenvalue weighted by atomic mass is 79.9. The number of amides is 1. The largest absolute Gasteiger partial charge is 0.462 e. The van der Waals surface area contributed by atoms with Crippen molar-refractivity contribution in [3.63, 3.8) is 0 Å². The molecule has 1 N–H and O–H groups in total. The molecule has 2 saturated carbocycles. The van der Waals surface area contributed by atoms with E-state index in [4.69, 9.17) is 9.47 Å². The number of hydrogen-bond donors (Lipinski definition) is 1. The molecule has 0 unspecified atom stereocenters. The number of esters is 2. The van der Waals surface area contributed by atoms with Gasteiger partial charge in [-0.3, -0.25) is 9.59 Å². The zero-order valence-corrected chi connectivity index (χ0v) is 17.3. The molecule has 0 aromatic heterocycles. The molecule has 1 aromatic carbocycles. The first-order chi connectivity index (χ1) is 13.5. The molecule has 6 nitrogen and oxygen atoms in total. The molecular formula is C21H24BrNO5. The van der Waals surface area contributed by atoms with Crippen LogP contribution < -0.4 is 5.32 Å². The molecular weight excluding hydrogens is 426 g/mol. The van der Waals surface area contributed by atoms with Gasteiger partial charge in [0.15, 0.2) is 0 Å². The van der Waals surface area contributed by atoms with E-state index in [9.17, 15) is 14.4 Å². The van der Waals surface area contributed by atoms with Gasteiger partial charge in [-0.2, -0.15) is 0 Å². The Kier molecular flexibility index (Phi) is 5.45. The van der Waals surface area contributed by atoms with E-state index in [2.05, 4.69) is 28.2 Å². The first-order valence-corrected chi connectivity index (χ1v) is 10.9. The van der Waals surface area contributed by atoms with E-state index in [1.807, 2.05) is 0 Å². The summed E-state index contributed by atoms with van der Waals surface area (Å²) in [7, 11) is 0. The lowest BCUT2D eigenvalue weighted by Gasteiger charge is -2.27. The van der Waals surface area contributed by atoms with Crippen LogP contribution in [0.15, 0.2) is 24.3 Å². The molecule has 2 aliphatic carbocycles. The molecule has 2 bridgehead atoms. The topological polar surface area (TPSA) is 81.7 Å². The highest BCUT2D eigenvalue weighted by Gasteiger charge is 2.67. The van der Waals surface area contributed by atoms with Crippen molar-refractivity contribution in [2.45, 2.75) is 43.5 Å². The van der Waals surface area contributed by atoms with Gasteiger partial charge in [0, 0.05) is 11.6 Å². The number of carbonyl (C=O) groups is 3. The van der Waals surface area contributed by atoms with Crippen molar-refractivity contribution in [1.82, 2.24) is 0 Å². The summed E-state index contributed by atoms with van der Waals surface area (Å²) in [6, 6.07) is 6.67. The molecule has 0 spiro atoms. The van der Waals surface area contributed by atoms with E-state index >= 15 is 0 Å². The predicted molar refractivity (Wildman–Crippen MR) is 106 cm³/mol. The van der Waals surface area contributed by atoms with Crippen LogP contribution in [0.4, 0.5) is 5.69 Å². The number of anilines is 1. The predicted octanol–water partition coefficient (Wildman–Crippen LogP) is 3.54. The minimum Gasteiger partial charge on any atom is -0.462 e. The van der Waals surface area contributed by atoms with Crippen molar-refractivity contribution in [3.05, 3.63) is 29.8 Å². The first-order valence-electron chi connectivity index (χ1n) is 9.94. The van der Waals surface area contributed by atoms with Gasteiger partial charge in [0.2, 0.25) is 5.91 Å². The number of carbonyl (C=O) groups excluding carboxylic acids is 3. The van der Waals surface area contributed by atoms with Gasteiger partial charge in [0.1, 0.15) is 6.10 Å². The third-order valence-electron chi connectivity index (χ3n) is 6.19. The minimum atomic E-state index is -0.371. The SMILES string of the molecule is CCCCCOC(=O)c1ccc(NC(=O)[C@@H]2[C@H]3C[C@H]4[C@H](OC(=O)[C@H]42)[C@H]3Br)cc1. The van der Waals surface area contributed by atoms with Gasteiger partial charge < -0.3 is 14.8 Å². The Bertz CT molecular complexity index is 780. The number of rotatable bonds is 7. The standard InChI is InChI=1S/C21H24BrNO5/c1-2-3-4-9-27-20(25)11-5-7-12(8-6-11)23-19(24)15-13-10-14-16(15)21(26)28-18(14)17(13)22/h5-8,13-18H,2-4,9-10H2,1H3,(H,23,24)/t13-,14-,15-,16-,17+,18+/m1/s1. The van der Waals surface area contributed by atoms with Gasteiger partial charge in [0.05, 0.1) is 28.8 Å². The molecule has 150 valence electrons. The van der Waals surface area contributed by atoms with Gasteiger partial charge in [-0.15, -0.1) is 0 Å². The number of halogens is 1. The Balaban J connectivity index is 1.36. The van der Waals surface area contributed by atoms with Crippen LogP contribution in [0, 0.1) is 23.7 Å². The van der Waals surface area contributed by atoms with Crippen LogP contribution in [-0.4, -0.2) is 35.4 Å². The first kappa shape index (κ1) is 19.4. The molecule has 7 heteroatoms. The number of benzene rings is 1. The smallest absolute Gasteiger partial charge is 0.338 e. The summed E-state index contributed by atoms with van der Waals surface area (Å²) in [5.41, 5.74) is 1.06. The summed E-state index contributed by atoms with van der Waals surface area (Å²) in [5, 5.41) is 2.90. The lowest BCUT2D eigenvalue weighted by Crippen LogP contribution is -2.40. The summed E-state index contributed by atoms with van der Waals surface area (Å²) in [6.07, 6.45) is 3.72. The summed E-state index contributed by atoms with van der Waals surface area (Å²) in [4.78, 5) is 37.1. The summed E-state index contributed by atoms with van der Waals surface area (Å²) >= 11 is 3.62. The Labute approximate surface area is 172 Å². The number of hydrogen-bond acceptors (Lipinski definition) is 5. The molecule has 1 amide bonds. The number of unbranched alkanes of at least 4 members (excludes halogenated alkanes) is 2. The van der Waals surface area contributed by atoms with E-state index in [-0.39, 0.29) is 52.4 Å². The molecule has 0 radical (unpaired) electrons. The molecule has 6 atom stereocenters. The maximum atomic E-state index is 12.9. The maximum absolute atomic E-state index is 12.9. The van der Waals surface area contributed by atoms with Crippen LogP contribution in [0.5, 0.6) is 0 Å². The second-order valence-electron chi connectivity index (χ2n) is 7.87. The second-order valence-corrected chi connectivity index (χ2v) is 8.93. The molecule has 1 saturated heterocycles. The van der Waals surface area contributed by atoms with Crippen molar-refractivity contribution >= 4 is 39.5 Å². The lowest BCUT2D eigenvalue weighted by atomic mass is 9.79. The summed E-state index contributed by atoms with van der Waals surface area (Å²) < 4.78 is 10.7. The number of nitrogens with one attached hydrogen (secondary N) is 1. The molecule has 1 heterocycles. The van der Waals surface area contributed by atoms with Crippen molar-refractivity contribution in [1.29, 1.82) is 0 Å². The molecule has 4 rings (SSSR count). The van der Waals surface area contributed by atoms with Crippen LogP contribution >= 0.6 is 15.9 Å². The fraction of sp³-hybridized carbons (Fsp3) is 0.571. The summed E-state index contributed by atoms with van der Waals surface area (Å²) in [6.45, 7) is 2.51. The molecule has 28 heavy (non-hydrogen) atoms. The highest BCUT2D eigenvalue weighted by molar-refractivity contribution is 9.09. The number of fused-ring (bicyclic) bond motifs is 1. The monoisotopic (exact) mass is 449 g/mol. The third kappa shape index (κ3) is 3.34. The zero-order valence-electron chi connectivity index (χ0n) is 15.7. The van der Waals surface area contributed by atoms with E-state index < -0.39 is 0 Å². The van der Waals surface area contributed by atoms with Crippen LogP contribution in [0.2, 0.25) is 0 Å². The van der Waals surface area contributed by atoms with Gasteiger partial charge in [-0.25, -0.2) is 4.79 Å². The Hall–Kier alpha value is -1.89. The minimum absolute atomic E-state index is 0.0424. The highest BCUT2D eigenvalue weighted by Crippen LogP contribution is 2.60. The number of ether oxygens (including phenoxy) is 2. The molecule has 1 aliphatic heterocycles. The van der Waals surface area contributed by atoms with Gasteiger partial charge in [-0.1, -0.05) is 35.7 Å². The summed E-state index contributed by atoms with van der Waals surface area (Å²) in [5.74, 6) is -1.21. The van der Waals surface area contributed by atoms with Gasteiger partial charge >= 0.3 is 11.9 Å². The second kappa shape index (κ2) is 7.85. The van der Waals surface area contributed by atoms with E-state index in [1.54, 1.807) is 24.3 Å². The van der Waals surface area contributed by atoms with Gasteiger partial charge in [-0.05, 0) is 43.0 Å². The van der Waals surface area contributed by atoms with Crippen molar-refractivity contribution in [2.75, 3.05) is 11.9 Å². The number of alkyl halides is 1. The molecule has 1 aromatic rings. The Morgan fingerprint density at radius 1 is 1.21 bits per heavy atom. The molecule has 3 fully saturated rings. The lowest BCUT2D eigenvalue weighted by molar-refractivity contribution is -0.145. The van der Waals surface area contributed by atoms with Crippen LogP contribution in [0.1, 0.15) is 43.0 Å². The van der Waals surface area contributed by atoms with E-state index in [1.165, 1.54) is 0 Å². The normalized spacial score (nSPS) is 32.3. The van der Waals surface area contributed by atoms with Gasteiger partial charge in [0.25, 0.3) is 0 Å². The van der Waals surface area contributed by atoms with Crippen LogP contribution in [-0.2, 0) is 19.1 Å². The zero-order chi connectivity index (χ0) is 19.8. The van der Waals surface area contributed by atoms with Crippen LogP contribution in [0.3, 0.4) is 0 Å². The van der Waals surface area contributed by atoms with Crippen molar-refractivity contribution in [2.24, 2.45) is 23.7 Å². The quantitative estimate of drug-likeness (QED) is 0.391. The van der Waals surface area contributed by atoms with Crippen molar-refractivity contribution < 1.29 is 23.9 Å². The Morgan fingerprint density at radius 3 is 2.68 bits per heavy atom. The van der Waals surface area contributed by atoms with E-state index in [0.29, 0.717) is 17.9 Å². The maximum Gasteiger partial charge on any atom is 0.338 e.